The molecule has 1 aromatic rings. The Hall–Kier alpha value is -2.02. The Morgan fingerprint density at radius 1 is 1.47 bits per heavy atom. The third-order valence-corrected chi connectivity index (χ3v) is 2.27. The normalized spacial score (nSPS) is 9.65. The van der Waals surface area contributed by atoms with E-state index in [1.807, 2.05) is 0 Å². The van der Waals surface area contributed by atoms with Crippen molar-refractivity contribution >= 4 is 11.6 Å². The Balaban J connectivity index is 2.45. The highest BCUT2D eigenvalue weighted by Gasteiger charge is 2.10. The van der Waals surface area contributed by atoms with Gasteiger partial charge in [0.2, 0.25) is 0 Å². The standard InChI is InChI=1S/C13H15FN2O/c1-2-3-4-5-8-16-13(17)11-7-6-10(15)9-12(11)14/h1,6-7,9H,3-5,8,15H2,(H,16,17). The Morgan fingerprint density at radius 2 is 2.24 bits per heavy atom. The van der Waals surface area contributed by atoms with E-state index in [0.717, 1.165) is 18.9 Å². The van der Waals surface area contributed by atoms with Crippen LogP contribution in [0.2, 0.25) is 0 Å². The van der Waals surface area contributed by atoms with E-state index in [4.69, 9.17) is 12.2 Å². The maximum absolute atomic E-state index is 13.4. The highest BCUT2D eigenvalue weighted by Crippen LogP contribution is 2.11. The number of halogens is 1. The van der Waals surface area contributed by atoms with Crippen molar-refractivity contribution in [3.05, 3.63) is 29.6 Å². The lowest BCUT2D eigenvalue weighted by molar-refractivity contribution is 0.0949. The molecule has 0 heterocycles. The SMILES string of the molecule is C#CCCCCNC(=O)c1ccc(N)cc1F. The summed E-state index contributed by atoms with van der Waals surface area (Å²) >= 11 is 0. The fourth-order valence-corrected chi connectivity index (χ4v) is 1.36. The molecule has 0 saturated carbocycles. The molecule has 0 bridgehead atoms. The zero-order chi connectivity index (χ0) is 12.7. The largest absolute Gasteiger partial charge is 0.399 e. The minimum absolute atomic E-state index is 0.0103. The summed E-state index contributed by atoms with van der Waals surface area (Å²) in [6.07, 6.45) is 7.42. The van der Waals surface area contributed by atoms with Crippen molar-refractivity contribution in [3.8, 4) is 12.3 Å². The van der Waals surface area contributed by atoms with Crippen LogP contribution in [0.3, 0.4) is 0 Å². The van der Waals surface area contributed by atoms with E-state index in [9.17, 15) is 9.18 Å². The molecule has 0 atom stereocenters. The highest BCUT2D eigenvalue weighted by molar-refractivity contribution is 5.94. The molecule has 1 rings (SSSR count). The van der Waals surface area contributed by atoms with Crippen molar-refractivity contribution in [1.29, 1.82) is 0 Å². The molecule has 0 aromatic heterocycles. The smallest absolute Gasteiger partial charge is 0.254 e. The van der Waals surface area contributed by atoms with Crippen LogP contribution in [0.1, 0.15) is 29.6 Å². The van der Waals surface area contributed by atoms with Crippen LogP contribution in [0.4, 0.5) is 10.1 Å². The van der Waals surface area contributed by atoms with Gasteiger partial charge in [0.15, 0.2) is 0 Å². The first-order chi connectivity index (χ1) is 8.15. The van der Waals surface area contributed by atoms with Gasteiger partial charge in [-0.15, -0.1) is 12.3 Å². The Bertz CT molecular complexity index is 438. The third kappa shape index (κ3) is 4.15. The third-order valence-electron chi connectivity index (χ3n) is 2.27. The van der Waals surface area contributed by atoms with E-state index >= 15 is 0 Å². The van der Waals surface area contributed by atoms with E-state index in [-0.39, 0.29) is 5.56 Å². The summed E-state index contributed by atoms with van der Waals surface area (Å²) in [5.74, 6) is 1.48. The maximum Gasteiger partial charge on any atom is 0.254 e. The van der Waals surface area contributed by atoms with Crippen LogP contribution in [-0.4, -0.2) is 12.5 Å². The number of terminal acetylenes is 1. The van der Waals surface area contributed by atoms with Gasteiger partial charge < -0.3 is 11.1 Å². The summed E-state index contributed by atoms with van der Waals surface area (Å²) in [6.45, 7) is 0.490. The first kappa shape index (κ1) is 13.0. The molecule has 90 valence electrons. The molecule has 0 aliphatic heterocycles. The van der Waals surface area contributed by atoms with Crippen LogP contribution < -0.4 is 11.1 Å². The second-order valence-corrected chi connectivity index (χ2v) is 3.66. The summed E-state index contributed by atoms with van der Waals surface area (Å²) in [5.41, 5.74) is 5.70. The molecule has 4 heteroatoms. The van der Waals surface area contributed by atoms with E-state index in [0.29, 0.717) is 18.7 Å². The molecule has 0 fully saturated rings. The van der Waals surface area contributed by atoms with Gasteiger partial charge in [-0.25, -0.2) is 4.39 Å². The number of amides is 1. The van der Waals surface area contributed by atoms with Gasteiger partial charge in [0.05, 0.1) is 5.56 Å². The zero-order valence-electron chi connectivity index (χ0n) is 9.50. The van der Waals surface area contributed by atoms with Crippen LogP contribution in [-0.2, 0) is 0 Å². The number of carbonyl (C=O) groups is 1. The van der Waals surface area contributed by atoms with Gasteiger partial charge in [0, 0.05) is 18.7 Å². The Morgan fingerprint density at radius 3 is 2.88 bits per heavy atom. The number of hydrogen-bond acceptors (Lipinski definition) is 2. The number of anilines is 1. The van der Waals surface area contributed by atoms with Crippen LogP contribution >= 0.6 is 0 Å². The van der Waals surface area contributed by atoms with Crippen molar-refractivity contribution in [2.75, 3.05) is 12.3 Å². The van der Waals surface area contributed by atoms with Gasteiger partial charge in [0.1, 0.15) is 5.82 Å². The molecular formula is C13H15FN2O. The van der Waals surface area contributed by atoms with Gasteiger partial charge >= 0.3 is 0 Å². The fraction of sp³-hybridized carbons (Fsp3) is 0.308. The summed E-state index contributed by atoms with van der Waals surface area (Å²) < 4.78 is 13.4. The number of nitrogens with two attached hydrogens (primary N) is 1. The minimum Gasteiger partial charge on any atom is -0.399 e. The number of benzene rings is 1. The first-order valence-electron chi connectivity index (χ1n) is 5.42. The molecule has 0 aliphatic carbocycles. The molecule has 0 saturated heterocycles. The predicted octanol–water partition coefficient (Wildman–Crippen LogP) is 1.94. The number of carbonyl (C=O) groups excluding carboxylic acids is 1. The van der Waals surface area contributed by atoms with Crippen LogP contribution in [0.15, 0.2) is 18.2 Å². The van der Waals surface area contributed by atoms with Gasteiger partial charge in [-0.2, -0.15) is 0 Å². The summed E-state index contributed by atoms with van der Waals surface area (Å²) in [6, 6.07) is 4.00. The molecule has 3 N–H and O–H groups in total. The number of nitrogens with one attached hydrogen (secondary N) is 1. The zero-order valence-corrected chi connectivity index (χ0v) is 9.50. The monoisotopic (exact) mass is 234 g/mol. The molecule has 3 nitrogen and oxygen atoms in total. The second-order valence-electron chi connectivity index (χ2n) is 3.66. The summed E-state index contributed by atoms with van der Waals surface area (Å²) in [7, 11) is 0. The first-order valence-corrected chi connectivity index (χ1v) is 5.42. The molecular weight excluding hydrogens is 219 g/mol. The second kappa shape index (κ2) is 6.54. The van der Waals surface area contributed by atoms with E-state index in [1.165, 1.54) is 12.1 Å². The van der Waals surface area contributed by atoms with Crippen molar-refractivity contribution in [2.45, 2.75) is 19.3 Å². The predicted molar refractivity (Wildman–Crippen MR) is 65.8 cm³/mol. The molecule has 1 amide bonds. The number of rotatable bonds is 5. The average molecular weight is 234 g/mol. The van der Waals surface area contributed by atoms with E-state index in [1.54, 1.807) is 0 Å². The number of nitrogen functional groups attached to an aromatic ring is 1. The molecule has 1 aromatic carbocycles. The summed E-state index contributed by atoms with van der Waals surface area (Å²) in [4.78, 5) is 11.6. The van der Waals surface area contributed by atoms with Gasteiger partial charge in [-0.05, 0) is 31.0 Å². The van der Waals surface area contributed by atoms with Crippen molar-refractivity contribution in [3.63, 3.8) is 0 Å². The Labute approximate surface area is 100 Å². The van der Waals surface area contributed by atoms with Crippen LogP contribution in [0.25, 0.3) is 0 Å². The fourth-order valence-electron chi connectivity index (χ4n) is 1.36. The average Bonchev–Trinajstić information content (AvgIpc) is 2.28. The van der Waals surface area contributed by atoms with Gasteiger partial charge in [-0.3, -0.25) is 4.79 Å². The molecule has 0 spiro atoms. The van der Waals surface area contributed by atoms with Crippen molar-refractivity contribution in [1.82, 2.24) is 5.32 Å². The van der Waals surface area contributed by atoms with Crippen molar-refractivity contribution in [2.24, 2.45) is 0 Å². The molecule has 0 aliphatic rings. The molecule has 17 heavy (non-hydrogen) atoms. The van der Waals surface area contributed by atoms with E-state index in [2.05, 4.69) is 11.2 Å². The molecule has 0 radical (unpaired) electrons. The minimum atomic E-state index is -0.605. The lowest BCUT2D eigenvalue weighted by Crippen LogP contribution is -2.25. The van der Waals surface area contributed by atoms with Crippen LogP contribution in [0, 0.1) is 18.2 Å². The topological polar surface area (TPSA) is 55.1 Å². The molecule has 0 unspecified atom stereocenters. The quantitative estimate of drug-likeness (QED) is 0.464. The highest BCUT2D eigenvalue weighted by atomic mass is 19.1. The Kier molecular flexibility index (Phi) is 5.02. The van der Waals surface area contributed by atoms with Gasteiger partial charge in [0.25, 0.3) is 5.91 Å². The van der Waals surface area contributed by atoms with Gasteiger partial charge in [-0.1, -0.05) is 0 Å². The van der Waals surface area contributed by atoms with E-state index < -0.39 is 11.7 Å². The maximum atomic E-state index is 13.4. The summed E-state index contributed by atoms with van der Waals surface area (Å²) in [5, 5.41) is 2.63. The van der Waals surface area contributed by atoms with Crippen molar-refractivity contribution < 1.29 is 9.18 Å². The van der Waals surface area contributed by atoms with Crippen LogP contribution in [0.5, 0.6) is 0 Å². The number of hydrogen-bond donors (Lipinski definition) is 2. The lowest BCUT2D eigenvalue weighted by Gasteiger charge is -2.06. The lowest BCUT2D eigenvalue weighted by atomic mass is 10.1. The number of unbranched alkanes of at least 4 members (excludes halogenated alkanes) is 2.